The molecule has 152 valence electrons. The molecule has 0 aromatic carbocycles. The Kier molecular flexibility index (Phi) is 8.15. The number of piperazine rings is 1. The Hall–Kier alpha value is -1.54. The number of carbonyl (C=O) groups is 2. The van der Waals surface area contributed by atoms with Gasteiger partial charge in [-0.15, -0.1) is 0 Å². The number of hydrogen-bond acceptors (Lipinski definition) is 6. The van der Waals surface area contributed by atoms with Gasteiger partial charge >= 0.3 is 12.2 Å². The highest BCUT2D eigenvalue weighted by Gasteiger charge is 2.27. The van der Waals surface area contributed by atoms with Crippen molar-refractivity contribution < 1.29 is 19.1 Å². The highest BCUT2D eigenvalue weighted by molar-refractivity contribution is 5.68. The van der Waals surface area contributed by atoms with Crippen molar-refractivity contribution in [2.75, 3.05) is 52.4 Å². The zero-order chi connectivity index (χ0) is 20.0. The summed E-state index contributed by atoms with van der Waals surface area (Å²) < 4.78 is 10.8. The van der Waals surface area contributed by atoms with E-state index < -0.39 is 11.2 Å². The molecule has 0 atom stereocenters. The maximum absolute atomic E-state index is 12.3. The minimum Gasteiger partial charge on any atom is -0.444 e. The molecule has 1 rings (SSSR count). The van der Waals surface area contributed by atoms with E-state index >= 15 is 0 Å². The third-order valence-corrected chi connectivity index (χ3v) is 3.76. The van der Waals surface area contributed by atoms with E-state index in [1.165, 1.54) is 0 Å². The van der Waals surface area contributed by atoms with Gasteiger partial charge in [-0.1, -0.05) is 0 Å². The van der Waals surface area contributed by atoms with Gasteiger partial charge in [-0.25, -0.2) is 9.59 Å². The van der Waals surface area contributed by atoms with Gasteiger partial charge in [0.05, 0.1) is 0 Å². The number of nitrogens with two attached hydrogens (primary N) is 1. The van der Waals surface area contributed by atoms with Crippen LogP contribution in [0.3, 0.4) is 0 Å². The number of ether oxygens (including phenoxy) is 2. The molecule has 1 saturated heterocycles. The van der Waals surface area contributed by atoms with Gasteiger partial charge in [-0.2, -0.15) is 0 Å². The molecule has 0 aliphatic carbocycles. The van der Waals surface area contributed by atoms with E-state index in [0.717, 1.165) is 19.6 Å². The summed E-state index contributed by atoms with van der Waals surface area (Å²) in [5, 5.41) is 0. The van der Waals surface area contributed by atoms with Crippen LogP contribution in [0, 0.1) is 0 Å². The molecule has 0 aromatic heterocycles. The highest BCUT2D eigenvalue weighted by atomic mass is 16.6. The van der Waals surface area contributed by atoms with Crippen molar-refractivity contribution in [1.82, 2.24) is 14.7 Å². The molecular formula is C18H36N4O4. The van der Waals surface area contributed by atoms with E-state index in [9.17, 15) is 9.59 Å². The van der Waals surface area contributed by atoms with Crippen LogP contribution in [0.1, 0.15) is 41.5 Å². The van der Waals surface area contributed by atoms with Crippen molar-refractivity contribution in [1.29, 1.82) is 0 Å². The molecule has 0 aromatic rings. The Bertz CT molecular complexity index is 463. The normalized spacial score (nSPS) is 16.3. The SMILES string of the molecule is CC(C)(C)OC(=O)N(CCN)CCN1CCN(C(=O)OC(C)(C)C)CC1. The summed E-state index contributed by atoms with van der Waals surface area (Å²) in [7, 11) is 0. The smallest absolute Gasteiger partial charge is 0.410 e. The molecule has 1 fully saturated rings. The first-order valence-corrected chi connectivity index (χ1v) is 9.29. The zero-order valence-electron chi connectivity index (χ0n) is 17.2. The third kappa shape index (κ3) is 8.71. The van der Waals surface area contributed by atoms with Gasteiger partial charge in [0.2, 0.25) is 0 Å². The molecule has 2 N–H and O–H groups in total. The summed E-state index contributed by atoms with van der Waals surface area (Å²) in [6.07, 6.45) is -0.606. The Morgan fingerprint density at radius 3 is 1.92 bits per heavy atom. The van der Waals surface area contributed by atoms with Gasteiger partial charge in [0.1, 0.15) is 11.2 Å². The van der Waals surface area contributed by atoms with Crippen molar-refractivity contribution in [2.45, 2.75) is 52.7 Å². The molecule has 2 amide bonds. The molecule has 1 heterocycles. The van der Waals surface area contributed by atoms with Crippen LogP contribution in [-0.4, -0.2) is 90.4 Å². The van der Waals surface area contributed by atoms with Crippen LogP contribution in [-0.2, 0) is 9.47 Å². The Morgan fingerprint density at radius 2 is 1.46 bits per heavy atom. The highest BCUT2D eigenvalue weighted by Crippen LogP contribution is 2.13. The quantitative estimate of drug-likeness (QED) is 0.791. The van der Waals surface area contributed by atoms with E-state index in [4.69, 9.17) is 15.2 Å². The molecular weight excluding hydrogens is 336 g/mol. The molecule has 8 nitrogen and oxygen atoms in total. The molecule has 1 aliphatic rings. The number of rotatable bonds is 5. The van der Waals surface area contributed by atoms with Gasteiger partial charge in [-0.05, 0) is 41.5 Å². The fraction of sp³-hybridized carbons (Fsp3) is 0.889. The van der Waals surface area contributed by atoms with E-state index in [1.54, 1.807) is 9.80 Å². The van der Waals surface area contributed by atoms with Crippen molar-refractivity contribution in [2.24, 2.45) is 5.73 Å². The van der Waals surface area contributed by atoms with Gasteiger partial charge in [0.25, 0.3) is 0 Å². The number of nitrogens with zero attached hydrogens (tertiary/aromatic N) is 3. The van der Waals surface area contributed by atoms with Gasteiger partial charge in [0, 0.05) is 52.4 Å². The van der Waals surface area contributed by atoms with Gasteiger partial charge in [-0.3, -0.25) is 4.90 Å². The molecule has 0 bridgehead atoms. The predicted octanol–water partition coefficient (Wildman–Crippen LogP) is 1.73. The maximum Gasteiger partial charge on any atom is 0.410 e. The van der Waals surface area contributed by atoms with E-state index in [1.807, 2.05) is 41.5 Å². The van der Waals surface area contributed by atoms with Gasteiger partial charge < -0.3 is 25.0 Å². The topological polar surface area (TPSA) is 88.3 Å². The minimum absolute atomic E-state index is 0.268. The number of hydrogen-bond donors (Lipinski definition) is 1. The first kappa shape index (κ1) is 22.5. The summed E-state index contributed by atoms with van der Waals surface area (Å²) in [4.78, 5) is 30.0. The van der Waals surface area contributed by atoms with Gasteiger partial charge in [0.15, 0.2) is 0 Å². The molecule has 0 saturated carbocycles. The summed E-state index contributed by atoms with van der Waals surface area (Å²) >= 11 is 0. The first-order valence-electron chi connectivity index (χ1n) is 9.29. The molecule has 0 spiro atoms. The average molecular weight is 373 g/mol. The standard InChI is InChI=1S/C18H36N4O4/c1-17(2,3)25-15(23)21(8-7-19)12-9-20-10-13-22(14-11-20)16(24)26-18(4,5)6/h7-14,19H2,1-6H3. The number of carbonyl (C=O) groups excluding carboxylic acids is 2. The van der Waals surface area contributed by atoms with E-state index in [-0.39, 0.29) is 12.2 Å². The molecule has 1 aliphatic heterocycles. The molecule has 26 heavy (non-hydrogen) atoms. The fourth-order valence-electron chi connectivity index (χ4n) is 2.52. The van der Waals surface area contributed by atoms with Crippen LogP contribution < -0.4 is 5.73 Å². The van der Waals surface area contributed by atoms with E-state index in [2.05, 4.69) is 4.90 Å². The second-order valence-corrected chi connectivity index (χ2v) is 8.57. The second-order valence-electron chi connectivity index (χ2n) is 8.57. The first-order chi connectivity index (χ1) is 11.9. The predicted molar refractivity (Wildman–Crippen MR) is 101 cm³/mol. The van der Waals surface area contributed by atoms with Crippen LogP contribution in [0.25, 0.3) is 0 Å². The number of amides is 2. The van der Waals surface area contributed by atoms with Crippen molar-refractivity contribution in [3.63, 3.8) is 0 Å². The molecule has 0 unspecified atom stereocenters. The summed E-state index contributed by atoms with van der Waals surface area (Å²) in [5.74, 6) is 0. The monoisotopic (exact) mass is 372 g/mol. The third-order valence-electron chi connectivity index (χ3n) is 3.76. The summed E-state index contributed by atoms with van der Waals surface area (Å²) in [6.45, 7) is 16.0. The largest absolute Gasteiger partial charge is 0.444 e. The minimum atomic E-state index is -0.525. The average Bonchev–Trinajstić information content (AvgIpc) is 2.48. The second kappa shape index (κ2) is 9.41. The van der Waals surface area contributed by atoms with E-state index in [0.29, 0.717) is 32.7 Å². The van der Waals surface area contributed by atoms with Crippen LogP contribution in [0.2, 0.25) is 0 Å². The lowest BCUT2D eigenvalue weighted by Crippen LogP contribution is -2.52. The lowest BCUT2D eigenvalue weighted by Gasteiger charge is -2.36. The Balaban J connectivity index is 2.43. The van der Waals surface area contributed by atoms with Crippen LogP contribution in [0.4, 0.5) is 9.59 Å². The zero-order valence-corrected chi connectivity index (χ0v) is 17.2. The Labute approximate surface area is 157 Å². The lowest BCUT2D eigenvalue weighted by atomic mass is 10.2. The van der Waals surface area contributed by atoms with Crippen LogP contribution in [0.5, 0.6) is 0 Å². The van der Waals surface area contributed by atoms with Crippen LogP contribution >= 0.6 is 0 Å². The maximum atomic E-state index is 12.3. The fourth-order valence-corrected chi connectivity index (χ4v) is 2.52. The summed E-state index contributed by atoms with van der Waals surface area (Å²) in [6, 6.07) is 0. The molecule has 8 heteroatoms. The lowest BCUT2D eigenvalue weighted by molar-refractivity contribution is 0.0119. The molecule has 0 radical (unpaired) electrons. The van der Waals surface area contributed by atoms with Crippen molar-refractivity contribution in [3.05, 3.63) is 0 Å². The van der Waals surface area contributed by atoms with Crippen molar-refractivity contribution in [3.8, 4) is 0 Å². The van der Waals surface area contributed by atoms with Crippen LogP contribution in [0.15, 0.2) is 0 Å². The summed E-state index contributed by atoms with van der Waals surface area (Å²) in [5.41, 5.74) is 4.61. The van der Waals surface area contributed by atoms with Crippen molar-refractivity contribution >= 4 is 12.2 Å². The Morgan fingerprint density at radius 1 is 0.923 bits per heavy atom.